The van der Waals surface area contributed by atoms with Gasteiger partial charge in [0.25, 0.3) is 0 Å². The van der Waals surface area contributed by atoms with Gasteiger partial charge in [-0.2, -0.15) is 8.61 Å². The zero-order valence-corrected chi connectivity index (χ0v) is 24.4. The minimum atomic E-state index is -3.90. The van der Waals surface area contributed by atoms with Crippen molar-refractivity contribution in [1.82, 2.24) is 8.61 Å². The average Bonchev–Trinajstić information content (AvgIpc) is 3.12. The van der Waals surface area contributed by atoms with Gasteiger partial charge in [0, 0.05) is 26.2 Å². The molecule has 0 saturated carbocycles. The van der Waals surface area contributed by atoms with Crippen LogP contribution >= 0.6 is 0 Å². The minimum Gasteiger partial charge on any atom is -0.492 e. The molecule has 0 N–H and O–H groups in total. The summed E-state index contributed by atoms with van der Waals surface area (Å²) in [5.74, 6) is 0.922. The van der Waals surface area contributed by atoms with E-state index in [2.05, 4.69) is 0 Å². The van der Waals surface area contributed by atoms with Crippen LogP contribution in [0.1, 0.15) is 70.9 Å². The molecule has 1 aliphatic heterocycles. The molecule has 1 heterocycles. The van der Waals surface area contributed by atoms with Crippen LogP contribution in [0.15, 0.2) is 46.2 Å². The molecule has 0 atom stereocenters. The first-order valence-electron chi connectivity index (χ1n) is 13.0. The molecule has 0 bridgehead atoms. The van der Waals surface area contributed by atoms with Crippen molar-refractivity contribution in [3.8, 4) is 11.5 Å². The zero-order valence-electron chi connectivity index (χ0n) is 22.7. The smallest absolute Gasteiger partial charge is 0.246 e. The Morgan fingerprint density at radius 1 is 0.676 bits per heavy atom. The van der Waals surface area contributed by atoms with Crippen LogP contribution in [0.3, 0.4) is 0 Å². The van der Waals surface area contributed by atoms with Crippen molar-refractivity contribution in [2.75, 3.05) is 39.4 Å². The molecular weight excluding hydrogens is 512 g/mol. The first-order chi connectivity index (χ1) is 17.4. The second kappa shape index (κ2) is 12.1. The molecule has 1 aliphatic rings. The van der Waals surface area contributed by atoms with Crippen LogP contribution in [0, 0.1) is 0 Å². The second-order valence-corrected chi connectivity index (χ2v) is 13.6. The predicted molar refractivity (Wildman–Crippen MR) is 146 cm³/mol. The van der Waals surface area contributed by atoms with Crippen LogP contribution in [-0.2, 0) is 20.0 Å². The summed E-state index contributed by atoms with van der Waals surface area (Å²) in [4.78, 5) is 0.250. The van der Waals surface area contributed by atoms with E-state index < -0.39 is 20.0 Å². The molecule has 10 heteroatoms. The lowest BCUT2D eigenvalue weighted by molar-refractivity contribution is 0.327. The third-order valence-corrected chi connectivity index (χ3v) is 10.4. The molecule has 0 unspecified atom stereocenters. The van der Waals surface area contributed by atoms with Gasteiger partial charge < -0.3 is 9.47 Å². The highest BCUT2D eigenvalue weighted by molar-refractivity contribution is 7.89. The number of ether oxygens (including phenoxy) is 2. The summed E-state index contributed by atoms with van der Waals surface area (Å²) in [6, 6.07) is 10.5. The lowest BCUT2D eigenvalue weighted by Crippen LogP contribution is -2.37. The van der Waals surface area contributed by atoms with Gasteiger partial charge >= 0.3 is 0 Å². The second-order valence-electron chi connectivity index (χ2n) is 9.75. The van der Waals surface area contributed by atoms with Gasteiger partial charge in [-0.25, -0.2) is 16.8 Å². The Morgan fingerprint density at radius 3 is 1.38 bits per heavy atom. The van der Waals surface area contributed by atoms with Gasteiger partial charge in [0.2, 0.25) is 20.0 Å². The SMILES string of the molecule is CCOc1ccc(C(C)C)cc1S(=O)(=O)N1CCCN(S(=O)(=O)c2cc(C(C)C)ccc2OCC)CC1. The molecule has 8 nitrogen and oxygen atoms in total. The molecule has 0 radical (unpaired) electrons. The quantitative estimate of drug-likeness (QED) is 0.420. The molecule has 2 aromatic carbocycles. The molecule has 0 amide bonds. The predicted octanol–water partition coefficient (Wildman–Crippen LogP) is 4.82. The van der Waals surface area contributed by atoms with Gasteiger partial charge in [-0.15, -0.1) is 0 Å². The van der Waals surface area contributed by atoms with E-state index in [0.29, 0.717) is 31.1 Å². The van der Waals surface area contributed by atoms with E-state index in [1.807, 2.05) is 53.7 Å². The largest absolute Gasteiger partial charge is 0.492 e. The topological polar surface area (TPSA) is 93.2 Å². The third-order valence-electron chi connectivity index (χ3n) is 6.52. The first kappa shape index (κ1) is 29.4. The highest BCUT2D eigenvalue weighted by atomic mass is 32.2. The fourth-order valence-corrected chi connectivity index (χ4v) is 7.62. The Morgan fingerprint density at radius 2 is 1.05 bits per heavy atom. The van der Waals surface area contributed by atoms with Crippen LogP contribution in [0.2, 0.25) is 0 Å². The fourth-order valence-electron chi connectivity index (χ4n) is 4.35. The van der Waals surface area contributed by atoms with Crippen molar-refractivity contribution in [1.29, 1.82) is 0 Å². The van der Waals surface area contributed by atoms with Gasteiger partial charge in [0.1, 0.15) is 21.3 Å². The zero-order chi connectivity index (χ0) is 27.4. The van der Waals surface area contributed by atoms with Crippen LogP contribution in [0.25, 0.3) is 0 Å². The molecule has 2 aromatic rings. The number of sulfonamides is 2. The van der Waals surface area contributed by atoms with E-state index in [4.69, 9.17) is 9.47 Å². The Labute approximate surface area is 222 Å². The summed E-state index contributed by atoms with van der Waals surface area (Å²) in [5.41, 5.74) is 1.80. The Bertz CT molecular complexity index is 1190. The van der Waals surface area contributed by atoms with Crippen molar-refractivity contribution < 1.29 is 26.3 Å². The molecule has 0 aliphatic carbocycles. The van der Waals surface area contributed by atoms with E-state index in [9.17, 15) is 16.8 Å². The fraction of sp³-hybridized carbons (Fsp3) is 0.556. The van der Waals surface area contributed by atoms with Crippen LogP contribution in [-0.4, -0.2) is 64.8 Å². The lowest BCUT2D eigenvalue weighted by Gasteiger charge is -2.24. The number of benzene rings is 2. The van der Waals surface area contributed by atoms with E-state index in [1.165, 1.54) is 8.61 Å². The standard InChI is InChI=1S/C27H40N2O6S2/c1-7-34-24-12-10-22(20(3)4)18-26(24)36(30,31)28-14-9-15-29(17-16-28)37(32,33)27-19-23(21(5)6)11-13-25(27)35-8-2/h10-13,18-21H,7-9,14-17H2,1-6H3. The maximum absolute atomic E-state index is 13.8. The van der Waals surface area contributed by atoms with Crippen molar-refractivity contribution in [3.05, 3.63) is 47.5 Å². The first-order valence-corrected chi connectivity index (χ1v) is 15.8. The maximum Gasteiger partial charge on any atom is 0.246 e. The van der Waals surface area contributed by atoms with E-state index in [1.54, 1.807) is 24.3 Å². The van der Waals surface area contributed by atoms with Gasteiger partial charge in [-0.05, 0) is 67.5 Å². The Balaban J connectivity index is 1.93. The lowest BCUT2D eigenvalue weighted by atomic mass is 10.0. The van der Waals surface area contributed by atoms with Gasteiger partial charge in [-0.1, -0.05) is 39.8 Å². The Hall–Kier alpha value is -2.14. The van der Waals surface area contributed by atoms with Gasteiger partial charge in [-0.3, -0.25) is 0 Å². The highest BCUT2D eigenvalue weighted by Crippen LogP contribution is 2.33. The number of rotatable bonds is 10. The summed E-state index contributed by atoms with van der Waals surface area (Å²) < 4.78 is 69.1. The number of hydrogen-bond acceptors (Lipinski definition) is 6. The van der Waals surface area contributed by atoms with E-state index in [-0.39, 0.29) is 47.8 Å². The monoisotopic (exact) mass is 552 g/mol. The summed E-state index contributed by atoms with van der Waals surface area (Å²) in [7, 11) is -7.80. The normalized spacial score (nSPS) is 16.2. The van der Waals surface area contributed by atoms with Crippen LogP contribution in [0.4, 0.5) is 0 Å². The van der Waals surface area contributed by atoms with E-state index >= 15 is 0 Å². The number of nitrogens with zero attached hydrogens (tertiary/aromatic N) is 2. The molecule has 0 aromatic heterocycles. The summed E-state index contributed by atoms with van der Waals surface area (Å²) in [6.45, 7) is 12.9. The van der Waals surface area contributed by atoms with Crippen molar-refractivity contribution in [2.24, 2.45) is 0 Å². The summed E-state index contributed by atoms with van der Waals surface area (Å²) >= 11 is 0. The molecule has 1 saturated heterocycles. The molecular formula is C27H40N2O6S2. The molecule has 3 rings (SSSR count). The number of hydrogen-bond donors (Lipinski definition) is 0. The van der Waals surface area contributed by atoms with Crippen molar-refractivity contribution >= 4 is 20.0 Å². The van der Waals surface area contributed by atoms with Crippen LogP contribution in [0.5, 0.6) is 11.5 Å². The maximum atomic E-state index is 13.8. The molecule has 206 valence electrons. The minimum absolute atomic E-state index is 0.0485. The highest BCUT2D eigenvalue weighted by Gasteiger charge is 2.35. The van der Waals surface area contributed by atoms with Gasteiger partial charge in [0.15, 0.2) is 0 Å². The average molecular weight is 553 g/mol. The molecule has 37 heavy (non-hydrogen) atoms. The summed E-state index contributed by atoms with van der Waals surface area (Å²) in [5, 5.41) is 0. The molecule has 1 fully saturated rings. The third kappa shape index (κ3) is 6.47. The van der Waals surface area contributed by atoms with Crippen molar-refractivity contribution in [3.63, 3.8) is 0 Å². The summed E-state index contributed by atoms with van der Waals surface area (Å²) in [6.07, 6.45) is 0.375. The van der Waals surface area contributed by atoms with Crippen molar-refractivity contribution in [2.45, 2.75) is 69.6 Å². The van der Waals surface area contributed by atoms with Gasteiger partial charge in [0.05, 0.1) is 13.2 Å². The van der Waals surface area contributed by atoms with E-state index in [0.717, 1.165) is 11.1 Å². The molecule has 0 spiro atoms. The van der Waals surface area contributed by atoms with Crippen LogP contribution < -0.4 is 9.47 Å². The Kier molecular flexibility index (Phi) is 9.66.